The van der Waals surface area contributed by atoms with E-state index in [4.69, 9.17) is 4.42 Å². The van der Waals surface area contributed by atoms with E-state index in [0.29, 0.717) is 27.2 Å². The number of carbonyl (C=O) groups excluding carboxylic acids is 1. The summed E-state index contributed by atoms with van der Waals surface area (Å²) in [4.78, 5) is 27.8. The summed E-state index contributed by atoms with van der Waals surface area (Å²) in [6.07, 6.45) is 1.63. The fourth-order valence-corrected chi connectivity index (χ4v) is 3.92. The number of rotatable bonds is 4. The molecule has 1 aliphatic heterocycles. The third-order valence-corrected chi connectivity index (χ3v) is 5.24. The maximum atomic E-state index is 12.3. The number of nitro benzene ring substituents is 1. The first-order valence-electron chi connectivity index (χ1n) is 9.10. The average molecular weight is 419 g/mol. The molecule has 0 radical (unpaired) electrons. The first-order valence-corrected chi connectivity index (χ1v) is 9.91. The minimum atomic E-state index is -0.453. The van der Waals surface area contributed by atoms with E-state index in [-0.39, 0.29) is 11.6 Å². The number of non-ortho nitro benzene ring substituents is 1. The molecular weight excluding hydrogens is 402 g/mol. The number of nitro groups is 1. The molecule has 3 aromatic rings. The molecule has 4 rings (SSSR count). The fourth-order valence-electron chi connectivity index (χ4n) is 3.10. The smallest absolute Gasteiger partial charge is 0.270 e. The zero-order chi connectivity index (χ0) is 21.3. The summed E-state index contributed by atoms with van der Waals surface area (Å²) in [5.41, 5.74) is 3.56. The number of carbonyl (C=O) groups is 1. The van der Waals surface area contributed by atoms with E-state index in [1.807, 2.05) is 26.0 Å². The molecule has 2 heterocycles. The number of furan rings is 1. The molecule has 1 amide bonds. The van der Waals surface area contributed by atoms with Crippen LogP contribution in [-0.4, -0.2) is 16.0 Å². The van der Waals surface area contributed by atoms with Crippen molar-refractivity contribution in [3.63, 3.8) is 0 Å². The molecule has 1 saturated heterocycles. The Labute approximate surface area is 176 Å². The highest BCUT2D eigenvalue weighted by Crippen LogP contribution is 2.31. The highest BCUT2D eigenvalue weighted by molar-refractivity contribution is 8.18. The molecule has 150 valence electrons. The third kappa shape index (κ3) is 4.33. The number of nitrogens with zero attached hydrogens (tertiary/aromatic N) is 2. The summed E-state index contributed by atoms with van der Waals surface area (Å²) in [5.74, 6) is 0.705. The van der Waals surface area contributed by atoms with Crippen LogP contribution >= 0.6 is 11.8 Å². The molecule has 1 aliphatic rings. The number of hydrogen-bond donors (Lipinski definition) is 1. The topological polar surface area (TPSA) is 97.7 Å². The summed E-state index contributed by atoms with van der Waals surface area (Å²) >= 11 is 1.23. The monoisotopic (exact) mass is 419 g/mol. The lowest BCUT2D eigenvalue weighted by atomic mass is 10.1. The van der Waals surface area contributed by atoms with Crippen molar-refractivity contribution in [3.8, 4) is 11.3 Å². The maximum Gasteiger partial charge on any atom is 0.270 e. The van der Waals surface area contributed by atoms with Gasteiger partial charge in [-0.05, 0) is 61.0 Å². The van der Waals surface area contributed by atoms with Crippen LogP contribution in [0.5, 0.6) is 0 Å². The molecule has 2 aromatic carbocycles. The van der Waals surface area contributed by atoms with Gasteiger partial charge in [0.05, 0.1) is 15.5 Å². The second-order valence-electron chi connectivity index (χ2n) is 6.84. The first kappa shape index (κ1) is 19.7. The Morgan fingerprint density at radius 1 is 1.10 bits per heavy atom. The number of thioether (sulfide) groups is 1. The van der Waals surface area contributed by atoms with Gasteiger partial charge in [-0.15, -0.1) is 0 Å². The quantitative estimate of drug-likeness (QED) is 0.349. The van der Waals surface area contributed by atoms with Gasteiger partial charge in [-0.2, -0.15) is 0 Å². The molecule has 1 aromatic heterocycles. The van der Waals surface area contributed by atoms with Crippen molar-refractivity contribution in [2.75, 3.05) is 0 Å². The van der Waals surface area contributed by atoms with Gasteiger partial charge in [-0.3, -0.25) is 14.9 Å². The Morgan fingerprint density at radius 3 is 2.60 bits per heavy atom. The normalized spacial score (nSPS) is 16.3. The van der Waals surface area contributed by atoms with E-state index < -0.39 is 4.92 Å². The largest absolute Gasteiger partial charge is 0.457 e. The molecule has 1 N–H and O–H groups in total. The van der Waals surface area contributed by atoms with Crippen LogP contribution in [0.15, 0.2) is 68.9 Å². The van der Waals surface area contributed by atoms with Gasteiger partial charge in [0, 0.05) is 23.8 Å². The molecule has 7 nitrogen and oxygen atoms in total. The maximum absolute atomic E-state index is 12.3. The molecule has 8 heteroatoms. The molecule has 1 fully saturated rings. The van der Waals surface area contributed by atoms with Crippen LogP contribution in [0.1, 0.15) is 16.9 Å². The van der Waals surface area contributed by atoms with Gasteiger partial charge in [0.25, 0.3) is 11.6 Å². The first-order chi connectivity index (χ1) is 14.4. The number of aliphatic imine (C=N–C) groups is 1. The number of hydrogen-bond acceptors (Lipinski definition) is 6. The fraction of sp³-hybridized carbons (Fsp3) is 0.0909. The number of aryl methyl sites for hydroxylation is 2. The van der Waals surface area contributed by atoms with Gasteiger partial charge in [-0.1, -0.05) is 18.2 Å². The Kier molecular flexibility index (Phi) is 5.24. The lowest BCUT2D eigenvalue weighted by molar-refractivity contribution is -0.384. The standard InChI is InChI=1S/C22H17N3O4S/c1-13-8-14(2)10-16(9-13)23-22-24-21(26)20(30-22)12-18-6-7-19(29-18)15-4-3-5-17(11-15)25(27)28/h3-12H,1-2H3,(H,23,24,26)/b20-12-. The number of amides is 1. The van der Waals surface area contributed by atoms with Crippen LogP contribution in [0.4, 0.5) is 11.4 Å². The number of nitrogens with one attached hydrogen (secondary N) is 1. The van der Waals surface area contributed by atoms with Crippen molar-refractivity contribution >= 4 is 40.3 Å². The van der Waals surface area contributed by atoms with Crippen LogP contribution in [0.3, 0.4) is 0 Å². The van der Waals surface area contributed by atoms with Crippen molar-refractivity contribution in [3.05, 3.63) is 86.5 Å². The lowest BCUT2D eigenvalue weighted by Gasteiger charge is -2.00. The Bertz CT molecular complexity index is 1210. The van der Waals surface area contributed by atoms with Gasteiger partial charge in [0.2, 0.25) is 0 Å². The summed E-state index contributed by atoms with van der Waals surface area (Å²) in [7, 11) is 0. The van der Waals surface area contributed by atoms with Crippen molar-refractivity contribution in [1.29, 1.82) is 0 Å². The molecule has 0 bridgehead atoms. The number of benzene rings is 2. The Morgan fingerprint density at radius 2 is 1.87 bits per heavy atom. The SMILES string of the molecule is Cc1cc(C)cc(N=C2NC(=O)/C(=C/c3ccc(-c4cccc([N+](=O)[O-])c4)o3)S2)c1. The van der Waals surface area contributed by atoms with Crippen LogP contribution in [0.2, 0.25) is 0 Å². The minimum Gasteiger partial charge on any atom is -0.457 e. The van der Waals surface area contributed by atoms with E-state index in [1.165, 1.54) is 23.9 Å². The lowest BCUT2D eigenvalue weighted by Crippen LogP contribution is -2.19. The molecule has 0 unspecified atom stereocenters. The molecule has 0 saturated carbocycles. The zero-order valence-electron chi connectivity index (χ0n) is 16.2. The molecule has 0 atom stereocenters. The highest BCUT2D eigenvalue weighted by atomic mass is 32.2. The van der Waals surface area contributed by atoms with Crippen LogP contribution in [0.25, 0.3) is 17.4 Å². The van der Waals surface area contributed by atoms with E-state index in [1.54, 1.807) is 30.3 Å². The van der Waals surface area contributed by atoms with Crippen LogP contribution in [0, 0.1) is 24.0 Å². The van der Waals surface area contributed by atoms with E-state index in [0.717, 1.165) is 16.8 Å². The predicted molar refractivity (Wildman–Crippen MR) is 118 cm³/mol. The van der Waals surface area contributed by atoms with Crippen molar-refractivity contribution in [2.24, 2.45) is 4.99 Å². The second-order valence-corrected chi connectivity index (χ2v) is 7.87. The zero-order valence-corrected chi connectivity index (χ0v) is 17.0. The summed E-state index contributed by atoms with van der Waals surface area (Å²) in [6.45, 7) is 4.00. The van der Waals surface area contributed by atoms with Gasteiger partial charge < -0.3 is 9.73 Å². The molecule has 0 aliphatic carbocycles. The molecule has 0 spiro atoms. The van der Waals surface area contributed by atoms with Crippen molar-refractivity contribution in [1.82, 2.24) is 5.32 Å². The Hall–Kier alpha value is -3.65. The third-order valence-electron chi connectivity index (χ3n) is 4.33. The predicted octanol–water partition coefficient (Wildman–Crippen LogP) is 5.36. The van der Waals surface area contributed by atoms with Gasteiger partial charge in [0.15, 0.2) is 5.17 Å². The summed E-state index contributed by atoms with van der Waals surface area (Å²) < 4.78 is 5.77. The van der Waals surface area contributed by atoms with E-state index >= 15 is 0 Å². The summed E-state index contributed by atoms with van der Waals surface area (Å²) in [6, 6.07) is 15.6. The molecule has 30 heavy (non-hydrogen) atoms. The summed E-state index contributed by atoms with van der Waals surface area (Å²) in [5, 5.41) is 14.2. The van der Waals surface area contributed by atoms with Crippen LogP contribution in [-0.2, 0) is 4.79 Å². The minimum absolute atomic E-state index is 0.0123. The van der Waals surface area contributed by atoms with Crippen LogP contribution < -0.4 is 5.32 Å². The second kappa shape index (κ2) is 8.00. The van der Waals surface area contributed by atoms with Gasteiger partial charge in [0.1, 0.15) is 11.5 Å². The van der Waals surface area contributed by atoms with Gasteiger partial charge >= 0.3 is 0 Å². The highest BCUT2D eigenvalue weighted by Gasteiger charge is 2.24. The van der Waals surface area contributed by atoms with Gasteiger partial charge in [-0.25, -0.2) is 4.99 Å². The average Bonchev–Trinajstić information content (AvgIpc) is 3.28. The van der Waals surface area contributed by atoms with Crippen molar-refractivity contribution < 1.29 is 14.1 Å². The van der Waals surface area contributed by atoms with E-state index in [9.17, 15) is 14.9 Å². The number of amidine groups is 1. The molecular formula is C22H17N3O4S. The van der Waals surface area contributed by atoms with E-state index in [2.05, 4.69) is 16.4 Å². The van der Waals surface area contributed by atoms with Crippen molar-refractivity contribution in [2.45, 2.75) is 13.8 Å². The Balaban J connectivity index is 1.56.